The molecular weight excluding hydrogens is 258 g/mol. The molecule has 0 fully saturated rings. The van der Waals surface area contributed by atoms with Crippen LogP contribution in [0.3, 0.4) is 0 Å². The third-order valence-electron chi connectivity index (χ3n) is 4.17. The highest BCUT2D eigenvalue weighted by atomic mass is 35.5. The Morgan fingerprint density at radius 2 is 1.74 bits per heavy atom. The van der Waals surface area contributed by atoms with Gasteiger partial charge in [0, 0.05) is 5.02 Å². The summed E-state index contributed by atoms with van der Waals surface area (Å²) in [6, 6.07) is 4.14. The van der Waals surface area contributed by atoms with Gasteiger partial charge in [-0.2, -0.15) is 0 Å². The SMILES string of the molecule is CC(C)(O)C(C)(C)O[B]c1cc2c(cc1Cl)CCC2. The maximum Gasteiger partial charge on any atom is 0.332 e. The predicted molar refractivity (Wildman–Crippen MR) is 80.3 cm³/mol. The van der Waals surface area contributed by atoms with E-state index in [4.69, 9.17) is 16.3 Å². The molecule has 0 aliphatic heterocycles. The minimum absolute atomic E-state index is 0.671. The molecule has 1 N–H and O–H groups in total. The molecule has 1 aromatic carbocycles. The van der Waals surface area contributed by atoms with Gasteiger partial charge >= 0.3 is 7.48 Å². The topological polar surface area (TPSA) is 29.5 Å². The van der Waals surface area contributed by atoms with Gasteiger partial charge in [0.25, 0.3) is 0 Å². The Labute approximate surface area is 121 Å². The van der Waals surface area contributed by atoms with Gasteiger partial charge in [0.15, 0.2) is 0 Å². The van der Waals surface area contributed by atoms with Gasteiger partial charge in [-0.25, -0.2) is 0 Å². The predicted octanol–water partition coefficient (Wildman–Crippen LogP) is 2.64. The van der Waals surface area contributed by atoms with E-state index in [0.29, 0.717) is 5.02 Å². The molecule has 0 aromatic heterocycles. The third-order valence-corrected chi connectivity index (χ3v) is 4.49. The number of benzene rings is 1. The maximum absolute atomic E-state index is 10.1. The molecule has 19 heavy (non-hydrogen) atoms. The third kappa shape index (κ3) is 3.15. The van der Waals surface area contributed by atoms with E-state index in [9.17, 15) is 5.11 Å². The van der Waals surface area contributed by atoms with Crippen LogP contribution in [0, 0.1) is 0 Å². The zero-order valence-corrected chi connectivity index (χ0v) is 12.8. The number of aryl methyl sites for hydroxylation is 2. The van der Waals surface area contributed by atoms with Crippen molar-refractivity contribution in [3.8, 4) is 0 Å². The van der Waals surface area contributed by atoms with Crippen LogP contribution in [0.15, 0.2) is 12.1 Å². The summed E-state index contributed by atoms with van der Waals surface area (Å²) < 4.78 is 5.76. The van der Waals surface area contributed by atoms with Gasteiger partial charge in [0.05, 0.1) is 11.2 Å². The van der Waals surface area contributed by atoms with Crippen LogP contribution in [0.5, 0.6) is 0 Å². The molecule has 1 aliphatic carbocycles. The lowest BCUT2D eigenvalue weighted by Gasteiger charge is -2.37. The molecule has 103 valence electrons. The largest absolute Gasteiger partial charge is 0.427 e. The average molecular weight is 280 g/mol. The van der Waals surface area contributed by atoms with Crippen LogP contribution < -0.4 is 5.46 Å². The highest BCUT2D eigenvalue weighted by Crippen LogP contribution is 2.26. The highest BCUT2D eigenvalue weighted by Gasteiger charge is 2.36. The van der Waals surface area contributed by atoms with Crippen molar-refractivity contribution in [2.45, 2.75) is 58.2 Å². The van der Waals surface area contributed by atoms with Crippen LogP contribution >= 0.6 is 11.6 Å². The molecular formula is C15H21BClO2. The Bertz CT molecular complexity index is 478. The number of fused-ring (bicyclic) bond motifs is 1. The fraction of sp³-hybridized carbons (Fsp3) is 0.600. The zero-order chi connectivity index (χ0) is 14.3. The van der Waals surface area contributed by atoms with Gasteiger partial charge in [0.1, 0.15) is 0 Å². The summed E-state index contributed by atoms with van der Waals surface area (Å²) in [6.07, 6.45) is 3.43. The molecule has 2 nitrogen and oxygen atoms in total. The van der Waals surface area contributed by atoms with Gasteiger partial charge in [-0.15, -0.1) is 0 Å². The minimum Gasteiger partial charge on any atom is -0.427 e. The number of halogens is 1. The summed E-state index contributed by atoms with van der Waals surface area (Å²) in [6.45, 7) is 7.21. The minimum atomic E-state index is -0.924. The summed E-state index contributed by atoms with van der Waals surface area (Å²) in [5.41, 5.74) is 2.01. The first-order valence-corrected chi connectivity index (χ1v) is 7.13. The average Bonchev–Trinajstić information content (AvgIpc) is 2.71. The Balaban J connectivity index is 2.13. The van der Waals surface area contributed by atoms with E-state index in [-0.39, 0.29) is 0 Å². The van der Waals surface area contributed by atoms with Crippen LogP contribution in [0.2, 0.25) is 5.02 Å². The van der Waals surface area contributed by atoms with Crippen LogP contribution in [-0.4, -0.2) is 23.8 Å². The van der Waals surface area contributed by atoms with E-state index in [1.165, 1.54) is 17.5 Å². The second-order valence-electron chi connectivity index (χ2n) is 6.30. The molecule has 0 amide bonds. The van der Waals surface area contributed by atoms with Crippen LogP contribution in [0.4, 0.5) is 0 Å². The first kappa shape index (κ1) is 14.9. The molecule has 1 aliphatic rings. The fourth-order valence-electron chi connectivity index (χ4n) is 2.06. The molecule has 2 rings (SSSR count). The first-order chi connectivity index (χ1) is 8.71. The summed E-state index contributed by atoms with van der Waals surface area (Å²) in [7, 11) is 1.67. The van der Waals surface area contributed by atoms with Crippen LogP contribution in [0.1, 0.15) is 45.2 Å². The summed E-state index contributed by atoms with van der Waals surface area (Å²) in [5.74, 6) is 0. The highest BCUT2D eigenvalue weighted by molar-refractivity contribution is 6.53. The van der Waals surface area contributed by atoms with E-state index in [1.807, 2.05) is 19.9 Å². The Hall–Kier alpha value is -0.505. The van der Waals surface area contributed by atoms with Crippen LogP contribution in [-0.2, 0) is 17.5 Å². The van der Waals surface area contributed by atoms with Crippen LogP contribution in [0.25, 0.3) is 0 Å². The standard InChI is InChI=1S/C15H21BClO2/c1-14(2,18)15(3,4)19-16-12-8-10-6-5-7-11(10)9-13(12)17/h8-9,18H,5-7H2,1-4H3. The van der Waals surface area contributed by atoms with Crippen molar-refractivity contribution in [2.75, 3.05) is 0 Å². The zero-order valence-electron chi connectivity index (χ0n) is 12.1. The van der Waals surface area contributed by atoms with Crippen molar-refractivity contribution in [3.05, 3.63) is 28.3 Å². The van der Waals surface area contributed by atoms with Crippen molar-refractivity contribution in [3.63, 3.8) is 0 Å². The van der Waals surface area contributed by atoms with E-state index in [2.05, 4.69) is 6.07 Å². The second-order valence-corrected chi connectivity index (χ2v) is 6.71. The molecule has 1 aromatic rings. The molecule has 0 saturated carbocycles. The van der Waals surface area contributed by atoms with Crippen molar-refractivity contribution < 1.29 is 9.76 Å². The smallest absolute Gasteiger partial charge is 0.332 e. The van der Waals surface area contributed by atoms with E-state index < -0.39 is 11.2 Å². The second kappa shape index (κ2) is 5.12. The molecule has 0 bridgehead atoms. The Morgan fingerprint density at radius 1 is 1.16 bits per heavy atom. The van der Waals surface area contributed by atoms with Crippen molar-refractivity contribution in [1.82, 2.24) is 0 Å². The molecule has 0 atom stereocenters. The molecule has 0 spiro atoms. The lowest BCUT2D eigenvalue weighted by atomic mass is 9.81. The normalized spacial score (nSPS) is 15.5. The Morgan fingerprint density at radius 3 is 2.32 bits per heavy atom. The van der Waals surface area contributed by atoms with E-state index in [1.54, 1.807) is 21.3 Å². The van der Waals surface area contributed by atoms with Gasteiger partial charge in [0.2, 0.25) is 0 Å². The maximum atomic E-state index is 10.1. The molecule has 4 heteroatoms. The lowest BCUT2D eigenvalue weighted by molar-refractivity contribution is -0.0893. The van der Waals surface area contributed by atoms with Gasteiger partial charge in [-0.1, -0.05) is 17.7 Å². The summed E-state index contributed by atoms with van der Waals surface area (Å²) in [4.78, 5) is 0. The van der Waals surface area contributed by atoms with Crippen molar-refractivity contribution in [2.24, 2.45) is 0 Å². The Kier molecular flexibility index (Phi) is 4.01. The monoisotopic (exact) mass is 279 g/mol. The quantitative estimate of drug-likeness (QED) is 0.859. The van der Waals surface area contributed by atoms with Gasteiger partial charge < -0.3 is 9.76 Å². The van der Waals surface area contributed by atoms with Crippen molar-refractivity contribution in [1.29, 1.82) is 0 Å². The van der Waals surface area contributed by atoms with Gasteiger partial charge in [-0.3, -0.25) is 0 Å². The number of hydrogen-bond acceptors (Lipinski definition) is 2. The van der Waals surface area contributed by atoms with E-state index in [0.717, 1.165) is 18.3 Å². The molecule has 0 heterocycles. The molecule has 0 saturated heterocycles. The molecule has 0 unspecified atom stereocenters. The van der Waals surface area contributed by atoms with Gasteiger partial charge in [-0.05, 0) is 69.6 Å². The fourth-order valence-corrected chi connectivity index (χ4v) is 2.29. The number of aliphatic hydroxyl groups is 1. The number of hydrogen-bond donors (Lipinski definition) is 1. The summed E-state index contributed by atoms with van der Waals surface area (Å²) >= 11 is 6.28. The van der Waals surface area contributed by atoms with Crippen molar-refractivity contribution >= 4 is 24.5 Å². The molecule has 1 radical (unpaired) electrons. The first-order valence-electron chi connectivity index (χ1n) is 6.75. The lowest BCUT2D eigenvalue weighted by Crippen LogP contribution is -2.49. The number of rotatable bonds is 4. The summed E-state index contributed by atoms with van der Waals surface area (Å²) in [5, 5.41) is 10.8. The van der Waals surface area contributed by atoms with E-state index >= 15 is 0 Å².